The van der Waals surface area contributed by atoms with E-state index in [4.69, 9.17) is 14.2 Å². The SMILES string of the molecule is O=CNc1cc([C@@H](O)CN(CCOc2ccc(CCCCNC(=O)OCc3ccccc3)cc2)Cc2ccccc2)ccc1OCc1ccccc1. The average molecular weight is 702 g/mol. The third-order valence-electron chi connectivity index (χ3n) is 8.49. The lowest BCUT2D eigenvalue weighted by molar-refractivity contribution is -0.105. The van der Waals surface area contributed by atoms with Crippen LogP contribution in [-0.4, -0.2) is 48.8 Å². The molecule has 0 radical (unpaired) electrons. The molecule has 0 aromatic heterocycles. The molecule has 0 heterocycles. The summed E-state index contributed by atoms with van der Waals surface area (Å²) in [6.07, 6.45) is 2.08. The fourth-order valence-electron chi connectivity index (χ4n) is 5.68. The van der Waals surface area contributed by atoms with Gasteiger partial charge in [0.1, 0.15) is 31.3 Å². The molecule has 5 rings (SSSR count). The fourth-order valence-corrected chi connectivity index (χ4v) is 5.68. The zero-order chi connectivity index (χ0) is 36.2. The second-order valence-electron chi connectivity index (χ2n) is 12.5. The monoisotopic (exact) mass is 701 g/mol. The van der Waals surface area contributed by atoms with E-state index in [9.17, 15) is 14.7 Å². The predicted octanol–water partition coefficient (Wildman–Crippen LogP) is 7.70. The number of alkyl carbamates (subject to hydrolysis) is 1. The van der Waals surface area contributed by atoms with E-state index in [1.54, 1.807) is 12.1 Å². The van der Waals surface area contributed by atoms with Gasteiger partial charge in [-0.15, -0.1) is 0 Å². The number of aliphatic hydroxyl groups is 1. The number of ether oxygens (including phenoxy) is 3. The summed E-state index contributed by atoms with van der Waals surface area (Å²) in [4.78, 5) is 25.5. The fraction of sp³-hybridized carbons (Fsp3) is 0.256. The molecule has 2 amide bonds. The van der Waals surface area contributed by atoms with Gasteiger partial charge in [-0.1, -0.05) is 109 Å². The van der Waals surface area contributed by atoms with Gasteiger partial charge in [0.05, 0.1) is 11.8 Å². The van der Waals surface area contributed by atoms with Crippen molar-refractivity contribution in [2.45, 2.75) is 45.1 Å². The van der Waals surface area contributed by atoms with Crippen LogP contribution in [0.2, 0.25) is 0 Å². The summed E-state index contributed by atoms with van der Waals surface area (Å²) >= 11 is 0. The maximum atomic E-state index is 11.9. The lowest BCUT2D eigenvalue weighted by Gasteiger charge is -2.26. The molecule has 270 valence electrons. The van der Waals surface area contributed by atoms with E-state index in [0.29, 0.717) is 62.8 Å². The second-order valence-corrected chi connectivity index (χ2v) is 12.5. The molecule has 9 heteroatoms. The molecule has 0 unspecified atom stereocenters. The first-order valence-corrected chi connectivity index (χ1v) is 17.7. The Kier molecular flexibility index (Phi) is 15.1. The largest absolute Gasteiger partial charge is 0.492 e. The molecule has 9 nitrogen and oxygen atoms in total. The maximum absolute atomic E-state index is 11.9. The minimum absolute atomic E-state index is 0.261. The smallest absolute Gasteiger partial charge is 0.407 e. The number of carbonyl (C=O) groups is 2. The van der Waals surface area contributed by atoms with Crippen LogP contribution in [0.3, 0.4) is 0 Å². The first kappa shape index (κ1) is 37.6. The summed E-state index contributed by atoms with van der Waals surface area (Å²) in [5.41, 5.74) is 5.48. The van der Waals surface area contributed by atoms with E-state index >= 15 is 0 Å². The zero-order valence-electron chi connectivity index (χ0n) is 29.4. The molecular formula is C43H47N3O6. The Labute approximate surface area is 306 Å². The first-order chi connectivity index (χ1) is 25.6. The number of carbonyl (C=O) groups excluding carboxylic acids is 2. The number of benzene rings is 5. The second kappa shape index (κ2) is 20.9. The third-order valence-corrected chi connectivity index (χ3v) is 8.49. The van der Waals surface area contributed by atoms with E-state index in [0.717, 1.165) is 41.7 Å². The van der Waals surface area contributed by atoms with Crippen LogP contribution < -0.4 is 20.1 Å². The number of hydrogen-bond donors (Lipinski definition) is 3. The van der Waals surface area contributed by atoms with E-state index < -0.39 is 12.2 Å². The van der Waals surface area contributed by atoms with Crippen LogP contribution in [0.1, 0.15) is 46.8 Å². The van der Waals surface area contributed by atoms with Crippen LogP contribution in [0.15, 0.2) is 133 Å². The Morgan fingerprint density at radius 1 is 0.731 bits per heavy atom. The van der Waals surface area contributed by atoms with Gasteiger partial charge in [-0.05, 0) is 71.3 Å². The lowest BCUT2D eigenvalue weighted by atomic mass is 10.1. The average Bonchev–Trinajstić information content (AvgIpc) is 3.18. The van der Waals surface area contributed by atoms with Crippen LogP contribution in [0.4, 0.5) is 10.5 Å². The summed E-state index contributed by atoms with van der Waals surface area (Å²) < 4.78 is 17.4. The Balaban J connectivity index is 1.07. The highest BCUT2D eigenvalue weighted by atomic mass is 16.5. The van der Waals surface area contributed by atoms with Gasteiger partial charge in [0.25, 0.3) is 0 Å². The number of amides is 2. The molecule has 0 aliphatic heterocycles. The van der Waals surface area contributed by atoms with Crippen molar-refractivity contribution in [2.24, 2.45) is 0 Å². The first-order valence-electron chi connectivity index (χ1n) is 17.7. The summed E-state index contributed by atoms with van der Waals surface area (Å²) in [7, 11) is 0. The molecule has 52 heavy (non-hydrogen) atoms. The molecule has 5 aromatic rings. The summed E-state index contributed by atoms with van der Waals surface area (Å²) in [6, 6.07) is 43.0. The standard InChI is InChI=1S/C43H47N3O6/c47-33-45-40-28-38(21-24-42(40)51-31-36-15-6-2-7-16-36)41(48)30-46(29-35-13-4-1-5-14-35)26-27-50-39-22-19-34(20-23-39)12-10-11-25-44-43(49)52-32-37-17-8-3-9-18-37/h1-9,13-24,28,33,41,48H,10-12,25-27,29-32H2,(H,44,49)(H,45,47)/t41-/m0/s1. The van der Waals surface area contributed by atoms with Gasteiger partial charge in [-0.3, -0.25) is 9.69 Å². The summed E-state index contributed by atoms with van der Waals surface area (Å²) in [6.45, 7) is 3.21. The van der Waals surface area contributed by atoms with Crippen molar-refractivity contribution in [3.63, 3.8) is 0 Å². The predicted molar refractivity (Wildman–Crippen MR) is 203 cm³/mol. The normalized spacial score (nSPS) is 11.4. The number of nitrogens with one attached hydrogen (secondary N) is 2. The Morgan fingerprint density at radius 2 is 1.38 bits per heavy atom. The lowest BCUT2D eigenvalue weighted by Crippen LogP contribution is -2.32. The number of unbranched alkanes of at least 4 members (excludes halogenated alkanes) is 1. The Morgan fingerprint density at radius 3 is 2.06 bits per heavy atom. The van der Waals surface area contributed by atoms with Gasteiger partial charge in [0, 0.05) is 26.2 Å². The highest BCUT2D eigenvalue weighted by molar-refractivity contribution is 5.76. The minimum atomic E-state index is -0.812. The molecule has 0 aliphatic carbocycles. The summed E-state index contributed by atoms with van der Waals surface area (Å²) in [5.74, 6) is 1.31. The molecule has 0 saturated carbocycles. The van der Waals surface area contributed by atoms with E-state index in [2.05, 4.69) is 39.8 Å². The number of aryl methyl sites for hydroxylation is 1. The number of anilines is 1. The molecule has 5 aromatic carbocycles. The van der Waals surface area contributed by atoms with Crippen molar-refractivity contribution in [1.82, 2.24) is 10.2 Å². The summed E-state index contributed by atoms with van der Waals surface area (Å²) in [5, 5.41) is 16.9. The molecule has 0 saturated heterocycles. The van der Waals surface area contributed by atoms with Gasteiger partial charge in [0.15, 0.2) is 0 Å². The van der Waals surface area contributed by atoms with Crippen LogP contribution in [0.25, 0.3) is 0 Å². The maximum Gasteiger partial charge on any atom is 0.407 e. The quantitative estimate of drug-likeness (QED) is 0.0532. The Hall–Kier alpha value is -5.64. The minimum Gasteiger partial charge on any atom is -0.492 e. The van der Waals surface area contributed by atoms with Crippen LogP contribution in [0.5, 0.6) is 11.5 Å². The van der Waals surface area contributed by atoms with E-state index in [-0.39, 0.29) is 6.61 Å². The topological polar surface area (TPSA) is 109 Å². The molecule has 0 fully saturated rings. The van der Waals surface area contributed by atoms with E-state index in [1.165, 1.54) is 5.56 Å². The van der Waals surface area contributed by atoms with Crippen LogP contribution in [0, 0.1) is 0 Å². The molecule has 0 aliphatic rings. The van der Waals surface area contributed by atoms with Crippen LogP contribution >= 0.6 is 0 Å². The molecular weight excluding hydrogens is 654 g/mol. The van der Waals surface area contributed by atoms with Crippen molar-refractivity contribution < 1.29 is 28.9 Å². The number of hydrogen-bond acceptors (Lipinski definition) is 7. The number of nitrogens with zero attached hydrogens (tertiary/aromatic N) is 1. The van der Waals surface area contributed by atoms with Crippen molar-refractivity contribution in [1.29, 1.82) is 0 Å². The number of rotatable bonds is 21. The van der Waals surface area contributed by atoms with Crippen molar-refractivity contribution in [3.8, 4) is 11.5 Å². The Bertz CT molecular complexity index is 1770. The van der Waals surface area contributed by atoms with Crippen molar-refractivity contribution >= 4 is 18.2 Å². The van der Waals surface area contributed by atoms with Crippen molar-refractivity contribution in [2.75, 3.05) is 31.6 Å². The van der Waals surface area contributed by atoms with Gasteiger partial charge in [-0.2, -0.15) is 0 Å². The third kappa shape index (κ3) is 12.9. The highest BCUT2D eigenvalue weighted by Crippen LogP contribution is 2.29. The highest BCUT2D eigenvalue weighted by Gasteiger charge is 2.17. The molecule has 1 atom stereocenters. The van der Waals surface area contributed by atoms with Gasteiger partial charge < -0.3 is 30.0 Å². The molecule has 0 bridgehead atoms. The van der Waals surface area contributed by atoms with E-state index in [1.807, 2.05) is 97.1 Å². The zero-order valence-corrected chi connectivity index (χ0v) is 29.4. The van der Waals surface area contributed by atoms with Gasteiger partial charge >= 0.3 is 6.09 Å². The number of aliphatic hydroxyl groups excluding tert-OH is 1. The van der Waals surface area contributed by atoms with Crippen molar-refractivity contribution in [3.05, 3.63) is 161 Å². The van der Waals surface area contributed by atoms with Gasteiger partial charge in [0.2, 0.25) is 6.41 Å². The molecule has 0 spiro atoms. The molecule has 3 N–H and O–H groups in total. The van der Waals surface area contributed by atoms with Crippen LogP contribution in [-0.2, 0) is 35.7 Å². The van der Waals surface area contributed by atoms with Gasteiger partial charge in [-0.25, -0.2) is 4.79 Å².